The Morgan fingerprint density at radius 3 is 2.21 bits per heavy atom. The summed E-state index contributed by atoms with van der Waals surface area (Å²) in [7, 11) is 0. The molecule has 0 N–H and O–H groups in total. The number of hydrogen-bond donors (Lipinski definition) is 0. The van der Waals surface area contributed by atoms with Gasteiger partial charge in [-0.25, -0.2) is 4.98 Å². The summed E-state index contributed by atoms with van der Waals surface area (Å²) in [6, 6.07) is 19.2. The van der Waals surface area contributed by atoms with Gasteiger partial charge in [0.05, 0.1) is 5.02 Å². The van der Waals surface area contributed by atoms with Gasteiger partial charge in [0.1, 0.15) is 6.10 Å². The van der Waals surface area contributed by atoms with Crippen LogP contribution in [0.5, 0.6) is 5.88 Å². The van der Waals surface area contributed by atoms with E-state index in [0.29, 0.717) is 34.6 Å². The molecule has 2 fully saturated rings. The average Bonchev–Trinajstić information content (AvgIpc) is 3.40. The van der Waals surface area contributed by atoms with Crippen LogP contribution in [0.4, 0.5) is 5.69 Å². The summed E-state index contributed by atoms with van der Waals surface area (Å²) in [6.45, 7) is 6.54. The van der Waals surface area contributed by atoms with E-state index in [1.165, 1.54) is 0 Å². The molecule has 3 atom stereocenters. The van der Waals surface area contributed by atoms with Crippen LogP contribution in [0.1, 0.15) is 48.5 Å². The van der Waals surface area contributed by atoms with Gasteiger partial charge in [-0.1, -0.05) is 35.3 Å². The Bertz CT molecular complexity index is 1290. The Labute approximate surface area is 239 Å². The highest BCUT2D eigenvalue weighted by Gasteiger charge is 2.42. The van der Waals surface area contributed by atoms with Crippen LogP contribution in [0.3, 0.4) is 0 Å². The Hall–Kier alpha value is -3.09. The Balaban J connectivity index is 1.26. The number of ether oxygens (including phenoxy) is 1. The number of rotatable bonds is 7. The third kappa shape index (κ3) is 6.39. The lowest BCUT2D eigenvalue weighted by atomic mass is 9.86. The molecule has 0 radical (unpaired) electrons. The lowest BCUT2D eigenvalue weighted by molar-refractivity contribution is -0.135. The zero-order chi connectivity index (χ0) is 27.5. The number of nitrogens with zero attached hydrogens (tertiary/aromatic N) is 3. The van der Waals surface area contributed by atoms with Crippen molar-refractivity contribution in [3.63, 3.8) is 0 Å². The molecule has 2 aliphatic rings. The minimum Gasteiger partial charge on any atom is -0.474 e. The second-order valence-corrected chi connectivity index (χ2v) is 11.4. The molecule has 2 aliphatic heterocycles. The smallest absolute Gasteiger partial charge is 0.225 e. The molecular weight excluding hydrogens is 533 g/mol. The molecule has 3 heterocycles. The van der Waals surface area contributed by atoms with Gasteiger partial charge in [0, 0.05) is 72.5 Å². The second-order valence-electron chi connectivity index (χ2n) is 10.6. The maximum Gasteiger partial charge on any atom is 0.225 e. The van der Waals surface area contributed by atoms with Crippen molar-refractivity contribution in [3.8, 4) is 5.88 Å². The fourth-order valence-corrected chi connectivity index (χ4v) is 6.04. The first-order valence-electron chi connectivity index (χ1n) is 13.5. The van der Waals surface area contributed by atoms with Crippen LogP contribution in [0.2, 0.25) is 10.0 Å². The Morgan fingerprint density at radius 2 is 1.59 bits per heavy atom. The van der Waals surface area contributed by atoms with Crippen LogP contribution in [0.15, 0.2) is 66.9 Å². The average molecular weight is 567 g/mol. The lowest BCUT2D eigenvalue weighted by Crippen LogP contribution is -2.42. The van der Waals surface area contributed by atoms with E-state index >= 15 is 0 Å². The molecule has 0 saturated carbocycles. The van der Waals surface area contributed by atoms with Gasteiger partial charge in [0.25, 0.3) is 0 Å². The number of anilines is 1. The number of hydrogen-bond acceptors (Lipinski definition) is 5. The van der Waals surface area contributed by atoms with Crippen molar-refractivity contribution in [2.75, 3.05) is 31.1 Å². The van der Waals surface area contributed by atoms with Crippen LogP contribution in [-0.4, -0.2) is 53.9 Å². The van der Waals surface area contributed by atoms with Crippen LogP contribution >= 0.6 is 23.2 Å². The van der Waals surface area contributed by atoms with E-state index in [1.54, 1.807) is 25.3 Å². The molecule has 1 amide bonds. The fraction of sp³-hybridized carbons (Fsp3) is 0.387. The molecule has 5 rings (SSSR count). The first kappa shape index (κ1) is 27.5. The normalized spacial score (nSPS) is 20.6. The van der Waals surface area contributed by atoms with Crippen molar-refractivity contribution in [3.05, 3.63) is 88.0 Å². The number of carbonyl (C=O) groups excluding carboxylic acids is 2. The maximum absolute atomic E-state index is 13.7. The topological polar surface area (TPSA) is 62.7 Å². The van der Waals surface area contributed by atoms with Crippen LogP contribution in [-0.2, 0) is 4.79 Å². The molecule has 1 unspecified atom stereocenters. The van der Waals surface area contributed by atoms with E-state index in [1.807, 2.05) is 48.2 Å². The molecule has 8 heteroatoms. The third-order valence-corrected chi connectivity index (χ3v) is 8.54. The van der Waals surface area contributed by atoms with Gasteiger partial charge in [0.15, 0.2) is 5.78 Å². The lowest BCUT2D eigenvalue weighted by Gasteiger charge is -2.34. The summed E-state index contributed by atoms with van der Waals surface area (Å²) in [6.07, 6.45) is 3.04. The number of amides is 1. The van der Waals surface area contributed by atoms with E-state index in [4.69, 9.17) is 27.9 Å². The molecule has 39 heavy (non-hydrogen) atoms. The van der Waals surface area contributed by atoms with Crippen LogP contribution < -0.4 is 9.64 Å². The molecule has 6 nitrogen and oxygen atoms in total. The number of piperidine rings is 1. The molecular formula is C31H33Cl2N3O3. The molecule has 0 aliphatic carbocycles. The molecule has 2 aromatic carbocycles. The molecule has 2 saturated heterocycles. The number of likely N-dealkylation sites (tertiary alicyclic amines) is 1. The van der Waals surface area contributed by atoms with Crippen molar-refractivity contribution in [2.45, 2.75) is 38.7 Å². The molecule has 0 spiro atoms. The molecule has 1 aromatic heterocycles. The van der Waals surface area contributed by atoms with Gasteiger partial charge in [-0.05, 0) is 74.7 Å². The van der Waals surface area contributed by atoms with Gasteiger partial charge in [0.2, 0.25) is 11.8 Å². The summed E-state index contributed by atoms with van der Waals surface area (Å²) in [5.74, 6) is 1.04. The number of carbonyl (C=O) groups is 2. The largest absolute Gasteiger partial charge is 0.474 e. The summed E-state index contributed by atoms with van der Waals surface area (Å²) in [5, 5.41) is 1.25. The number of pyridine rings is 1. The minimum atomic E-state index is -0.156. The highest BCUT2D eigenvalue weighted by Crippen LogP contribution is 2.38. The fourth-order valence-electron chi connectivity index (χ4n) is 5.81. The number of Topliss-reactive ketones (excluding diaryl/α,β-unsaturated/α-hetero) is 1. The number of aromatic nitrogens is 1. The van der Waals surface area contributed by atoms with Crippen molar-refractivity contribution >= 4 is 40.6 Å². The van der Waals surface area contributed by atoms with Gasteiger partial charge in [-0.3, -0.25) is 9.59 Å². The number of halogens is 2. The van der Waals surface area contributed by atoms with Crippen LogP contribution in [0.25, 0.3) is 0 Å². The zero-order valence-electron chi connectivity index (χ0n) is 22.2. The van der Waals surface area contributed by atoms with Crippen molar-refractivity contribution < 1.29 is 14.3 Å². The summed E-state index contributed by atoms with van der Waals surface area (Å²) < 4.78 is 6.23. The third-order valence-electron chi connectivity index (χ3n) is 8.07. The summed E-state index contributed by atoms with van der Waals surface area (Å²) in [5.41, 5.74) is 2.97. The zero-order valence-corrected chi connectivity index (χ0v) is 23.7. The van der Waals surface area contributed by atoms with E-state index in [2.05, 4.69) is 22.0 Å². The minimum absolute atomic E-state index is 0.00323. The molecule has 0 bridgehead atoms. The summed E-state index contributed by atoms with van der Waals surface area (Å²) >= 11 is 12.2. The van der Waals surface area contributed by atoms with E-state index in [9.17, 15) is 9.59 Å². The predicted octanol–water partition coefficient (Wildman–Crippen LogP) is 6.52. The highest BCUT2D eigenvalue weighted by atomic mass is 35.5. The maximum atomic E-state index is 13.7. The van der Waals surface area contributed by atoms with Crippen molar-refractivity contribution in [2.24, 2.45) is 11.8 Å². The first-order chi connectivity index (χ1) is 18.8. The first-order valence-corrected chi connectivity index (χ1v) is 14.2. The number of benzene rings is 2. The quantitative estimate of drug-likeness (QED) is 0.305. The Kier molecular flexibility index (Phi) is 8.43. The Morgan fingerprint density at radius 1 is 0.923 bits per heavy atom. The van der Waals surface area contributed by atoms with E-state index < -0.39 is 0 Å². The molecule has 204 valence electrons. The van der Waals surface area contributed by atoms with Gasteiger partial charge in [-0.2, -0.15) is 0 Å². The monoisotopic (exact) mass is 565 g/mol. The SMILES string of the molecule is CC(=O)c1ccc(N2CCC(C(=O)N3C[C@H](c4ccc(Cl)cc4)[C@@H](C(C)Oc4ccc(Cl)cn4)C3)CC2)cc1. The predicted molar refractivity (Wildman–Crippen MR) is 155 cm³/mol. The highest BCUT2D eigenvalue weighted by molar-refractivity contribution is 6.30. The second kappa shape index (κ2) is 12.0. The number of ketones is 1. The van der Waals surface area contributed by atoms with Crippen molar-refractivity contribution in [1.29, 1.82) is 0 Å². The van der Waals surface area contributed by atoms with E-state index in [0.717, 1.165) is 37.2 Å². The standard InChI is InChI=1S/C31H33Cl2N3O3/c1-20(37)22-5-10-27(11-6-22)35-15-13-24(14-16-35)31(38)36-18-28(21(2)39-30-12-9-26(33)17-34-30)29(19-36)23-3-7-25(32)8-4-23/h3-12,17,21,24,28-29H,13-16,18-19H2,1-2H3/t21?,28-,29-/m1/s1. The van der Waals surface area contributed by atoms with E-state index in [-0.39, 0.29) is 35.5 Å². The van der Waals surface area contributed by atoms with Gasteiger partial charge in [-0.15, -0.1) is 0 Å². The van der Waals surface area contributed by atoms with Gasteiger partial charge >= 0.3 is 0 Å². The molecule has 3 aromatic rings. The van der Waals surface area contributed by atoms with Gasteiger partial charge < -0.3 is 14.5 Å². The summed E-state index contributed by atoms with van der Waals surface area (Å²) in [4.78, 5) is 34.0. The van der Waals surface area contributed by atoms with Crippen LogP contribution in [0, 0.1) is 11.8 Å². The van der Waals surface area contributed by atoms with Crippen molar-refractivity contribution in [1.82, 2.24) is 9.88 Å².